The second kappa shape index (κ2) is 12.6. The molecule has 0 amide bonds. The minimum Gasteiger partial charge on any atom is -0.403 e. The van der Waals surface area contributed by atoms with Crippen LogP contribution in [-0.2, 0) is 18.8 Å². The smallest absolute Gasteiger partial charge is 0.403 e. The van der Waals surface area contributed by atoms with Crippen molar-refractivity contribution in [1.82, 2.24) is 0 Å². The highest BCUT2D eigenvalue weighted by atomic mass is 16.7. The Balaban J connectivity index is 1.99. The van der Waals surface area contributed by atoms with Crippen LogP contribution in [-0.4, -0.2) is 44.7 Å². The Kier molecular flexibility index (Phi) is 10.8. The molecule has 4 nitrogen and oxygen atoms in total. The van der Waals surface area contributed by atoms with Crippen molar-refractivity contribution in [1.29, 1.82) is 0 Å². The van der Waals surface area contributed by atoms with Gasteiger partial charge >= 0.3 is 7.12 Å². The number of hydrogen-bond acceptors (Lipinski definition) is 4. The summed E-state index contributed by atoms with van der Waals surface area (Å²) in [5.74, 6) is 1.90. The van der Waals surface area contributed by atoms with Gasteiger partial charge in [0.2, 0.25) is 0 Å². The van der Waals surface area contributed by atoms with Gasteiger partial charge in [0.15, 0.2) is 0 Å². The Morgan fingerprint density at radius 1 is 0.903 bits per heavy atom. The van der Waals surface area contributed by atoms with E-state index in [-0.39, 0.29) is 18.3 Å². The summed E-state index contributed by atoms with van der Waals surface area (Å²) < 4.78 is 24.5. The van der Waals surface area contributed by atoms with Gasteiger partial charge in [0.1, 0.15) is 0 Å². The first-order chi connectivity index (χ1) is 14.8. The van der Waals surface area contributed by atoms with Crippen molar-refractivity contribution in [2.75, 3.05) is 26.4 Å². The molecule has 0 N–H and O–H groups in total. The highest BCUT2D eigenvalue weighted by Crippen LogP contribution is 2.44. The van der Waals surface area contributed by atoms with Gasteiger partial charge in [-0.1, -0.05) is 44.9 Å². The molecule has 0 bridgehead atoms. The van der Waals surface area contributed by atoms with E-state index in [1.807, 2.05) is 0 Å². The molecule has 1 heterocycles. The fourth-order valence-electron chi connectivity index (χ4n) is 4.64. The van der Waals surface area contributed by atoms with E-state index in [1.165, 1.54) is 12.8 Å². The van der Waals surface area contributed by atoms with Gasteiger partial charge < -0.3 is 18.8 Å². The normalized spacial score (nSPS) is 29.8. The zero-order valence-electron chi connectivity index (χ0n) is 21.0. The molecule has 2 fully saturated rings. The summed E-state index contributed by atoms with van der Waals surface area (Å²) >= 11 is 0. The van der Waals surface area contributed by atoms with E-state index in [9.17, 15) is 0 Å². The lowest BCUT2D eigenvalue weighted by molar-refractivity contribution is 0.00578. The largest absolute Gasteiger partial charge is 0.461 e. The average molecular weight is 434 g/mol. The molecule has 1 saturated carbocycles. The molecule has 31 heavy (non-hydrogen) atoms. The van der Waals surface area contributed by atoms with Crippen LogP contribution in [0.25, 0.3) is 0 Å². The van der Waals surface area contributed by atoms with Crippen LogP contribution in [0.5, 0.6) is 0 Å². The summed E-state index contributed by atoms with van der Waals surface area (Å²) in [6.45, 7) is 20.3. The fourth-order valence-corrected chi connectivity index (χ4v) is 4.64. The van der Waals surface area contributed by atoms with Crippen molar-refractivity contribution in [2.24, 2.45) is 23.7 Å². The summed E-state index contributed by atoms with van der Waals surface area (Å²) in [6.07, 6.45) is 13.3. The summed E-state index contributed by atoms with van der Waals surface area (Å²) in [7, 11) is -0.176. The van der Waals surface area contributed by atoms with Gasteiger partial charge in [-0.3, -0.25) is 0 Å². The third-order valence-corrected chi connectivity index (χ3v) is 7.42. The van der Waals surface area contributed by atoms with Gasteiger partial charge in [0, 0.05) is 19.5 Å². The lowest BCUT2D eigenvalue weighted by Gasteiger charge is -2.32. The number of hydrogen-bond donors (Lipinski definition) is 0. The summed E-state index contributed by atoms with van der Waals surface area (Å²) in [5, 5.41) is 0. The molecule has 1 saturated heterocycles. The minimum absolute atomic E-state index is 0.176. The van der Waals surface area contributed by atoms with Crippen molar-refractivity contribution in [3.63, 3.8) is 0 Å². The van der Waals surface area contributed by atoms with Crippen molar-refractivity contribution >= 4 is 7.12 Å². The van der Waals surface area contributed by atoms with Crippen LogP contribution in [0.3, 0.4) is 0 Å². The van der Waals surface area contributed by atoms with E-state index >= 15 is 0 Å². The predicted molar refractivity (Wildman–Crippen MR) is 130 cm³/mol. The fraction of sp³-hybridized carbons (Fsp3) is 0.846. The van der Waals surface area contributed by atoms with Crippen LogP contribution in [0.4, 0.5) is 0 Å². The Labute approximate surface area is 192 Å². The van der Waals surface area contributed by atoms with Gasteiger partial charge in [0.05, 0.1) is 24.4 Å². The van der Waals surface area contributed by atoms with Crippen molar-refractivity contribution in [3.8, 4) is 0 Å². The van der Waals surface area contributed by atoms with Crippen LogP contribution in [0.15, 0.2) is 24.8 Å². The molecule has 178 valence electrons. The van der Waals surface area contributed by atoms with Gasteiger partial charge in [-0.15, -0.1) is 6.58 Å². The molecular formula is C26H47BO4. The van der Waals surface area contributed by atoms with Gasteiger partial charge in [-0.2, -0.15) is 0 Å². The zero-order chi connectivity index (χ0) is 22.9. The zero-order valence-corrected chi connectivity index (χ0v) is 21.0. The number of ether oxygens (including phenoxy) is 2. The van der Waals surface area contributed by atoms with Gasteiger partial charge in [0.25, 0.3) is 0 Å². The number of allylic oxidation sites excluding steroid dienone is 3. The third-order valence-electron chi connectivity index (χ3n) is 7.42. The molecule has 0 unspecified atom stereocenters. The molecule has 4 atom stereocenters. The van der Waals surface area contributed by atoms with E-state index in [0.717, 1.165) is 52.0 Å². The standard InChI is InChI=1S/C26H47BO4/c1-8-11-16-28-19-23-21(10-3)18-22(24(23)20-29-17-12-9-2)14-13-15-27-30-25(4,5)26(6,7)31-27/h10,13-14,21-24H,3,8-9,11-12,15-20H2,1-2,4-7H3/b14-13-/t21-,22+,23-,24+/m0/s1. The van der Waals surface area contributed by atoms with Crippen LogP contribution in [0.1, 0.15) is 73.6 Å². The average Bonchev–Trinajstić information content (AvgIpc) is 3.14. The lowest BCUT2D eigenvalue weighted by Crippen LogP contribution is -2.41. The topological polar surface area (TPSA) is 36.9 Å². The lowest BCUT2D eigenvalue weighted by atomic mass is 9.83. The molecule has 1 aliphatic heterocycles. The number of rotatable bonds is 14. The molecule has 0 spiro atoms. The van der Waals surface area contributed by atoms with Crippen LogP contribution >= 0.6 is 0 Å². The molecule has 2 aliphatic rings. The number of unbranched alkanes of at least 4 members (excludes halogenated alkanes) is 2. The molecule has 5 heteroatoms. The van der Waals surface area contributed by atoms with Crippen LogP contribution < -0.4 is 0 Å². The van der Waals surface area contributed by atoms with Crippen LogP contribution in [0.2, 0.25) is 6.32 Å². The molecule has 1 aliphatic carbocycles. The maximum atomic E-state index is 6.15. The SMILES string of the molecule is C=C[C@H]1C[C@@H](/C=C\CB2OC(C)(C)C(C)(C)O2)[C@@H](COCCCC)[C@H]1COCCCC. The molecule has 0 aromatic carbocycles. The van der Waals surface area contributed by atoms with E-state index in [4.69, 9.17) is 18.8 Å². The van der Waals surface area contributed by atoms with Crippen molar-refractivity contribution in [2.45, 2.75) is 91.2 Å². The van der Waals surface area contributed by atoms with E-state index in [2.05, 4.69) is 66.3 Å². The third kappa shape index (κ3) is 7.45. The molecule has 2 rings (SSSR count). The monoisotopic (exact) mass is 434 g/mol. The first kappa shape index (κ1) is 26.6. The maximum absolute atomic E-state index is 6.15. The maximum Gasteiger partial charge on any atom is 0.461 e. The first-order valence-electron chi connectivity index (χ1n) is 12.6. The predicted octanol–water partition coefficient (Wildman–Crippen LogP) is 6.32. The Morgan fingerprint density at radius 2 is 1.42 bits per heavy atom. The van der Waals surface area contributed by atoms with Gasteiger partial charge in [-0.05, 0) is 70.6 Å². The van der Waals surface area contributed by atoms with E-state index < -0.39 is 0 Å². The molecule has 0 aromatic heterocycles. The van der Waals surface area contributed by atoms with E-state index in [0.29, 0.717) is 23.7 Å². The summed E-state index contributed by atoms with van der Waals surface area (Å²) in [4.78, 5) is 0. The highest BCUT2D eigenvalue weighted by Gasteiger charge is 2.50. The van der Waals surface area contributed by atoms with Crippen molar-refractivity contribution < 1.29 is 18.8 Å². The quantitative estimate of drug-likeness (QED) is 0.182. The van der Waals surface area contributed by atoms with E-state index in [1.54, 1.807) is 0 Å². The Bertz CT molecular complexity index is 544. The Hall–Kier alpha value is -0.615. The summed E-state index contributed by atoms with van der Waals surface area (Å²) in [6, 6.07) is 0. The molecule has 0 aromatic rings. The second-order valence-electron chi connectivity index (χ2n) is 10.3. The second-order valence-corrected chi connectivity index (χ2v) is 10.3. The molecule has 0 radical (unpaired) electrons. The first-order valence-corrected chi connectivity index (χ1v) is 12.6. The minimum atomic E-state index is -0.274. The van der Waals surface area contributed by atoms with Crippen LogP contribution in [0, 0.1) is 23.7 Å². The highest BCUT2D eigenvalue weighted by molar-refractivity contribution is 6.46. The Morgan fingerprint density at radius 3 is 1.90 bits per heavy atom. The van der Waals surface area contributed by atoms with Crippen molar-refractivity contribution in [3.05, 3.63) is 24.8 Å². The molecular weight excluding hydrogens is 387 g/mol. The summed E-state index contributed by atoms with van der Waals surface area (Å²) in [5.41, 5.74) is -0.549. The van der Waals surface area contributed by atoms with Gasteiger partial charge in [-0.25, -0.2) is 0 Å².